The maximum Gasteiger partial charge on any atom is 0.355 e. The minimum Gasteiger partial charge on any atom is -0.494 e. The number of aromatic carboxylic acids is 1. The molecule has 0 radical (unpaired) electrons. The Morgan fingerprint density at radius 3 is 2.81 bits per heavy atom. The number of ether oxygens (including phenoxy) is 1. The molecule has 1 N–H and O–H groups in total. The van der Waals surface area contributed by atoms with Gasteiger partial charge in [-0.15, -0.1) is 11.3 Å². The molecule has 0 aliphatic carbocycles. The Balaban J connectivity index is 1.95. The van der Waals surface area contributed by atoms with Crippen molar-refractivity contribution in [2.45, 2.75) is 32.6 Å². The van der Waals surface area contributed by atoms with E-state index in [4.69, 9.17) is 9.84 Å². The molecule has 1 heterocycles. The summed E-state index contributed by atoms with van der Waals surface area (Å²) in [6.45, 7) is 6.70. The first-order chi connectivity index (χ1) is 9.88. The van der Waals surface area contributed by atoms with Gasteiger partial charge >= 0.3 is 5.97 Å². The lowest BCUT2D eigenvalue weighted by Gasteiger charge is -2.21. The Labute approximate surface area is 128 Å². The van der Waals surface area contributed by atoms with Gasteiger partial charge in [0.25, 0.3) is 0 Å². The van der Waals surface area contributed by atoms with Crippen LogP contribution in [0, 0.1) is 6.92 Å². The molecule has 4 nitrogen and oxygen atoms in total. The minimum absolute atomic E-state index is 0.114. The number of hydrogen-bond acceptors (Lipinski definition) is 4. The fourth-order valence-electron chi connectivity index (χ4n) is 1.92. The van der Waals surface area contributed by atoms with Crippen molar-refractivity contribution in [2.75, 3.05) is 6.61 Å². The highest BCUT2D eigenvalue weighted by Crippen LogP contribution is 2.30. The van der Waals surface area contributed by atoms with E-state index in [-0.39, 0.29) is 11.1 Å². The van der Waals surface area contributed by atoms with Crippen molar-refractivity contribution >= 4 is 17.3 Å². The maximum atomic E-state index is 10.9. The minimum atomic E-state index is -0.982. The molecule has 0 spiro atoms. The van der Waals surface area contributed by atoms with Crippen LogP contribution in [0.2, 0.25) is 0 Å². The van der Waals surface area contributed by atoms with E-state index in [1.54, 1.807) is 5.38 Å². The van der Waals surface area contributed by atoms with E-state index in [1.165, 1.54) is 11.3 Å². The summed E-state index contributed by atoms with van der Waals surface area (Å²) >= 11 is 1.39. The van der Waals surface area contributed by atoms with Crippen LogP contribution in [0.5, 0.6) is 5.75 Å². The summed E-state index contributed by atoms with van der Waals surface area (Å²) in [5, 5.41) is 11.3. The van der Waals surface area contributed by atoms with Gasteiger partial charge in [0.1, 0.15) is 5.75 Å². The average molecular weight is 305 g/mol. The lowest BCUT2D eigenvalue weighted by Crippen LogP contribution is -2.20. The van der Waals surface area contributed by atoms with E-state index in [2.05, 4.69) is 18.8 Å². The number of thiazole rings is 1. The van der Waals surface area contributed by atoms with E-state index in [1.807, 2.05) is 31.2 Å². The normalized spacial score (nSPS) is 11.4. The van der Waals surface area contributed by atoms with Crippen LogP contribution in [-0.2, 0) is 5.41 Å². The summed E-state index contributed by atoms with van der Waals surface area (Å²) in [7, 11) is 0. The first-order valence-corrected chi connectivity index (χ1v) is 7.65. The Morgan fingerprint density at radius 1 is 1.43 bits per heavy atom. The third-order valence-corrected chi connectivity index (χ3v) is 4.50. The number of aryl methyl sites for hydroxylation is 1. The molecule has 2 rings (SSSR count). The molecule has 5 heteroatoms. The topological polar surface area (TPSA) is 59.4 Å². The number of carboxylic acid groups (broad SMARTS) is 1. The molecular formula is C16H19NO3S. The highest BCUT2D eigenvalue weighted by molar-refractivity contribution is 7.10. The van der Waals surface area contributed by atoms with Crippen LogP contribution in [0.3, 0.4) is 0 Å². The Morgan fingerprint density at radius 2 is 2.19 bits per heavy atom. The zero-order valence-corrected chi connectivity index (χ0v) is 13.2. The van der Waals surface area contributed by atoms with Gasteiger partial charge < -0.3 is 9.84 Å². The molecular weight excluding hydrogens is 286 g/mol. The SMILES string of the molecule is Cc1cccc(OCCC(C)(C)c2nc(C(=O)O)cs2)c1. The molecule has 0 saturated heterocycles. The van der Waals surface area contributed by atoms with Crippen LogP contribution in [-0.4, -0.2) is 22.7 Å². The van der Waals surface area contributed by atoms with Crippen molar-refractivity contribution in [3.63, 3.8) is 0 Å². The number of hydrogen-bond donors (Lipinski definition) is 1. The fourth-order valence-corrected chi connectivity index (χ4v) is 2.87. The van der Waals surface area contributed by atoms with E-state index in [0.29, 0.717) is 6.61 Å². The zero-order valence-electron chi connectivity index (χ0n) is 12.4. The molecule has 112 valence electrons. The van der Waals surface area contributed by atoms with Crippen molar-refractivity contribution < 1.29 is 14.6 Å². The predicted molar refractivity (Wildman–Crippen MR) is 83.4 cm³/mol. The molecule has 0 aliphatic heterocycles. The first kappa shape index (κ1) is 15.5. The monoisotopic (exact) mass is 305 g/mol. The molecule has 21 heavy (non-hydrogen) atoms. The second-order valence-electron chi connectivity index (χ2n) is 5.64. The summed E-state index contributed by atoms with van der Waals surface area (Å²) in [5.74, 6) is -0.125. The van der Waals surface area contributed by atoms with Crippen molar-refractivity contribution in [2.24, 2.45) is 0 Å². The third kappa shape index (κ3) is 4.04. The second kappa shape index (κ2) is 6.26. The Hall–Kier alpha value is -1.88. The lowest BCUT2D eigenvalue weighted by molar-refractivity contribution is 0.0691. The smallest absolute Gasteiger partial charge is 0.355 e. The van der Waals surface area contributed by atoms with Gasteiger partial charge in [-0.25, -0.2) is 9.78 Å². The summed E-state index contributed by atoms with van der Waals surface area (Å²) in [5.41, 5.74) is 1.07. The van der Waals surface area contributed by atoms with Crippen LogP contribution >= 0.6 is 11.3 Å². The molecule has 0 bridgehead atoms. The van der Waals surface area contributed by atoms with E-state index < -0.39 is 5.97 Å². The Bertz CT molecular complexity index is 634. The molecule has 0 amide bonds. The third-order valence-electron chi connectivity index (χ3n) is 3.29. The molecule has 1 aromatic carbocycles. The molecule has 0 saturated carbocycles. The van der Waals surface area contributed by atoms with Gasteiger partial charge in [-0.2, -0.15) is 0 Å². The van der Waals surface area contributed by atoms with Gasteiger partial charge in [-0.1, -0.05) is 26.0 Å². The number of carboxylic acids is 1. The van der Waals surface area contributed by atoms with Crippen molar-refractivity contribution in [1.82, 2.24) is 4.98 Å². The molecule has 0 aliphatic rings. The summed E-state index contributed by atoms with van der Waals surface area (Å²) in [4.78, 5) is 15.1. The van der Waals surface area contributed by atoms with Gasteiger partial charge in [-0.3, -0.25) is 0 Å². The van der Waals surface area contributed by atoms with Crippen LogP contribution in [0.4, 0.5) is 0 Å². The summed E-state index contributed by atoms with van der Waals surface area (Å²) in [6.07, 6.45) is 0.771. The van der Waals surface area contributed by atoms with Crippen molar-refractivity contribution in [3.05, 3.63) is 45.9 Å². The highest BCUT2D eigenvalue weighted by atomic mass is 32.1. The largest absolute Gasteiger partial charge is 0.494 e. The van der Waals surface area contributed by atoms with E-state index >= 15 is 0 Å². The van der Waals surface area contributed by atoms with Gasteiger partial charge in [0.2, 0.25) is 0 Å². The number of nitrogens with zero attached hydrogens (tertiary/aromatic N) is 1. The van der Waals surface area contributed by atoms with Crippen molar-refractivity contribution in [3.8, 4) is 5.75 Å². The van der Waals surface area contributed by atoms with Crippen LogP contribution in [0.15, 0.2) is 29.6 Å². The average Bonchev–Trinajstić information content (AvgIpc) is 2.89. The second-order valence-corrected chi connectivity index (χ2v) is 6.50. The molecule has 0 atom stereocenters. The predicted octanol–water partition coefficient (Wildman–Crippen LogP) is 3.90. The van der Waals surface area contributed by atoms with Crippen LogP contribution in [0.25, 0.3) is 0 Å². The van der Waals surface area contributed by atoms with Gasteiger partial charge in [0.05, 0.1) is 11.6 Å². The zero-order chi connectivity index (χ0) is 15.5. The van der Waals surface area contributed by atoms with Crippen molar-refractivity contribution in [1.29, 1.82) is 0 Å². The Kier molecular flexibility index (Phi) is 4.63. The van der Waals surface area contributed by atoms with Gasteiger partial charge in [-0.05, 0) is 31.0 Å². The number of carbonyl (C=O) groups is 1. The van der Waals surface area contributed by atoms with Gasteiger partial charge in [0.15, 0.2) is 5.69 Å². The molecule has 1 aromatic heterocycles. The lowest BCUT2D eigenvalue weighted by atomic mass is 9.90. The number of aromatic nitrogens is 1. The molecule has 0 fully saturated rings. The fraction of sp³-hybridized carbons (Fsp3) is 0.375. The maximum absolute atomic E-state index is 10.9. The summed E-state index contributed by atoms with van der Waals surface area (Å²) in [6, 6.07) is 7.93. The first-order valence-electron chi connectivity index (χ1n) is 6.77. The van der Waals surface area contributed by atoms with Crippen LogP contribution in [0.1, 0.15) is 41.3 Å². The van der Waals surface area contributed by atoms with Gasteiger partial charge in [0, 0.05) is 10.8 Å². The number of benzene rings is 1. The summed E-state index contributed by atoms with van der Waals surface area (Å²) < 4.78 is 5.76. The number of rotatable bonds is 6. The quantitative estimate of drug-likeness (QED) is 0.879. The van der Waals surface area contributed by atoms with Crippen LogP contribution < -0.4 is 4.74 Å². The van der Waals surface area contributed by atoms with E-state index in [9.17, 15) is 4.79 Å². The standard InChI is InChI=1S/C16H19NO3S/c1-11-5-4-6-12(9-11)20-8-7-16(2,3)15-17-13(10-21-15)14(18)19/h4-6,9-10H,7-8H2,1-3H3,(H,18,19). The molecule has 2 aromatic rings. The molecule has 0 unspecified atom stereocenters. The highest BCUT2D eigenvalue weighted by Gasteiger charge is 2.25. The van der Waals surface area contributed by atoms with E-state index in [0.717, 1.165) is 22.7 Å².